The molecule has 0 spiro atoms. The number of nitrogens with one attached hydrogen (secondary N) is 2. The molecule has 39 heavy (non-hydrogen) atoms. The monoisotopic (exact) mass is 531 g/mol. The fourth-order valence-electron chi connectivity index (χ4n) is 4.82. The van der Waals surface area contributed by atoms with Gasteiger partial charge in [-0.3, -0.25) is 14.9 Å². The van der Waals surface area contributed by atoms with Crippen molar-refractivity contribution in [2.24, 2.45) is 0 Å². The van der Waals surface area contributed by atoms with Gasteiger partial charge in [-0.25, -0.2) is 14.8 Å². The summed E-state index contributed by atoms with van der Waals surface area (Å²) in [6.07, 6.45) is 1.93. The molecule has 0 saturated carbocycles. The Morgan fingerprint density at radius 1 is 1.08 bits per heavy atom. The van der Waals surface area contributed by atoms with Gasteiger partial charge in [0.1, 0.15) is 17.2 Å². The molecule has 2 atom stereocenters. The number of nitrogens with zero attached hydrogens (tertiary/aromatic N) is 5. The number of aromatic nitrogens is 2. The first-order chi connectivity index (χ1) is 18.6. The summed E-state index contributed by atoms with van der Waals surface area (Å²) in [5, 5.41) is 17.5. The maximum absolute atomic E-state index is 12.6. The molecular weight excluding hydrogens is 502 g/mol. The Kier molecular flexibility index (Phi) is 6.77. The Morgan fingerprint density at radius 2 is 1.85 bits per heavy atom. The number of fused-ring (bicyclic) bond motifs is 2. The average Bonchev–Trinajstić information content (AvgIpc) is 3.50. The quantitative estimate of drug-likeness (QED) is 0.345. The van der Waals surface area contributed by atoms with E-state index in [2.05, 4.69) is 25.5 Å². The molecule has 0 aliphatic carbocycles. The second-order valence-corrected chi connectivity index (χ2v) is 10.5. The van der Waals surface area contributed by atoms with Crippen molar-refractivity contribution < 1.29 is 19.2 Å². The second-order valence-electron chi connectivity index (χ2n) is 10.5. The number of anilines is 4. The predicted octanol–water partition coefficient (Wildman–Crippen LogP) is 4.58. The van der Waals surface area contributed by atoms with E-state index in [4.69, 9.17) is 4.74 Å². The van der Waals surface area contributed by atoms with Gasteiger partial charge < -0.3 is 25.2 Å². The Balaban J connectivity index is 1.32. The molecule has 2 N–H and O–H groups in total. The van der Waals surface area contributed by atoms with Crippen molar-refractivity contribution in [1.82, 2.24) is 14.9 Å². The smallest absolute Gasteiger partial charge is 0.410 e. The topological polar surface area (TPSA) is 143 Å². The van der Waals surface area contributed by atoms with Crippen LogP contribution in [0.15, 0.2) is 60.8 Å². The molecule has 202 valence electrons. The lowest BCUT2D eigenvalue weighted by Crippen LogP contribution is -2.50. The van der Waals surface area contributed by atoms with Gasteiger partial charge in [-0.1, -0.05) is 18.2 Å². The van der Waals surface area contributed by atoms with Crippen LogP contribution in [0.4, 0.5) is 33.6 Å². The third-order valence-corrected chi connectivity index (χ3v) is 6.52. The fourth-order valence-corrected chi connectivity index (χ4v) is 4.82. The van der Waals surface area contributed by atoms with Crippen molar-refractivity contribution in [2.75, 3.05) is 28.6 Å². The van der Waals surface area contributed by atoms with Crippen LogP contribution in [0.3, 0.4) is 0 Å². The highest BCUT2D eigenvalue weighted by Crippen LogP contribution is 2.37. The minimum Gasteiger partial charge on any atom is -0.444 e. The van der Waals surface area contributed by atoms with Gasteiger partial charge >= 0.3 is 11.8 Å². The van der Waals surface area contributed by atoms with Crippen molar-refractivity contribution in [3.8, 4) is 0 Å². The molecule has 5 rings (SSSR count). The number of likely N-dealkylation sites (tertiary alicyclic amines) is 1. The molecule has 0 radical (unpaired) electrons. The number of ether oxygens (including phenoxy) is 1. The Morgan fingerprint density at radius 3 is 2.51 bits per heavy atom. The summed E-state index contributed by atoms with van der Waals surface area (Å²) in [6, 6.07) is 15.0. The summed E-state index contributed by atoms with van der Waals surface area (Å²) in [4.78, 5) is 48.9. The lowest BCUT2D eigenvalue weighted by atomic mass is 10.2. The van der Waals surface area contributed by atoms with E-state index in [-0.39, 0.29) is 41.4 Å². The molecule has 2 aliphatic heterocycles. The molecule has 4 heterocycles. The number of carbonyl (C=O) groups is 2. The van der Waals surface area contributed by atoms with E-state index >= 15 is 0 Å². The molecule has 1 aromatic carbocycles. The van der Waals surface area contributed by atoms with Crippen LogP contribution in [0.25, 0.3) is 0 Å². The van der Waals surface area contributed by atoms with Gasteiger partial charge in [0.15, 0.2) is 0 Å². The lowest BCUT2D eigenvalue weighted by Gasteiger charge is -2.35. The lowest BCUT2D eigenvalue weighted by molar-refractivity contribution is -0.384. The molecule has 3 aromatic rings. The number of amides is 2. The van der Waals surface area contributed by atoms with E-state index in [1.165, 1.54) is 12.3 Å². The number of pyridine rings is 2. The van der Waals surface area contributed by atoms with Crippen molar-refractivity contribution in [3.05, 3.63) is 76.5 Å². The van der Waals surface area contributed by atoms with Gasteiger partial charge in [0, 0.05) is 42.7 Å². The highest BCUT2D eigenvalue weighted by atomic mass is 16.6. The minimum atomic E-state index is -0.573. The first-order valence-electron chi connectivity index (χ1n) is 12.6. The van der Waals surface area contributed by atoms with Gasteiger partial charge in [0.25, 0.3) is 5.91 Å². The summed E-state index contributed by atoms with van der Waals surface area (Å²) in [6.45, 7) is 6.56. The van der Waals surface area contributed by atoms with Crippen LogP contribution in [-0.4, -0.2) is 62.6 Å². The largest absolute Gasteiger partial charge is 0.444 e. The van der Waals surface area contributed by atoms with E-state index in [9.17, 15) is 19.7 Å². The van der Waals surface area contributed by atoms with Crippen LogP contribution in [0.1, 0.15) is 37.6 Å². The standard InChI is InChI=1S/C27H29N7O5/c1-27(2,3)39-26(36)33-16-19-14-20(33)15-32(19)23-10-9-21(34(37)38)24(31-23)29-18-11-12-28-22(13-18)30-25(35)17-7-5-4-6-8-17/h4-13,19-20H,14-16H2,1-3H3,(H2,28,29,30,31,35)/t19-,20-/m0/s1. The minimum absolute atomic E-state index is 0.0192. The zero-order valence-corrected chi connectivity index (χ0v) is 21.8. The number of hydrogen-bond acceptors (Lipinski definition) is 9. The zero-order chi connectivity index (χ0) is 27.7. The molecule has 2 bridgehead atoms. The third-order valence-electron chi connectivity index (χ3n) is 6.52. The molecule has 2 fully saturated rings. The molecule has 12 nitrogen and oxygen atoms in total. The van der Waals surface area contributed by atoms with E-state index in [1.54, 1.807) is 47.4 Å². The maximum Gasteiger partial charge on any atom is 0.410 e. The van der Waals surface area contributed by atoms with Crippen molar-refractivity contribution in [3.63, 3.8) is 0 Å². The number of piperazine rings is 1. The van der Waals surface area contributed by atoms with Crippen LogP contribution in [0.2, 0.25) is 0 Å². The fraction of sp³-hybridized carbons (Fsp3) is 0.333. The number of carbonyl (C=O) groups excluding carboxylic acids is 2. The molecule has 2 aliphatic rings. The maximum atomic E-state index is 12.6. The van der Waals surface area contributed by atoms with Crippen LogP contribution < -0.4 is 15.5 Å². The molecule has 2 saturated heterocycles. The van der Waals surface area contributed by atoms with Crippen molar-refractivity contribution >= 4 is 40.8 Å². The average molecular weight is 532 g/mol. The third kappa shape index (κ3) is 5.74. The summed E-state index contributed by atoms with van der Waals surface area (Å²) in [5.41, 5.74) is 0.189. The van der Waals surface area contributed by atoms with Gasteiger partial charge in [0.2, 0.25) is 5.82 Å². The van der Waals surface area contributed by atoms with Gasteiger partial charge in [0.05, 0.1) is 17.0 Å². The highest BCUT2D eigenvalue weighted by molar-refractivity contribution is 6.03. The van der Waals surface area contributed by atoms with E-state index in [0.29, 0.717) is 30.2 Å². The molecule has 2 aromatic heterocycles. The summed E-state index contributed by atoms with van der Waals surface area (Å²) in [5.74, 6) is 0.601. The van der Waals surface area contributed by atoms with Gasteiger partial charge in [-0.2, -0.15) is 0 Å². The zero-order valence-electron chi connectivity index (χ0n) is 21.8. The Bertz CT molecular complexity index is 1410. The summed E-state index contributed by atoms with van der Waals surface area (Å²) < 4.78 is 5.54. The Hall–Kier alpha value is -4.74. The van der Waals surface area contributed by atoms with E-state index in [0.717, 1.165) is 6.42 Å². The normalized spacial score (nSPS) is 18.1. The SMILES string of the molecule is CC(C)(C)OC(=O)N1C[C@@H]2C[C@H]1CN2c1ccc([N+](=O)[O-])c(Nc2ccnc(NC(=O)c3ccccc3)c2)n1. The summed E-state index contributed by atoms with van der Waals surface area (Å²) >= 11 is 0. The van der Waals surface area contributed by atoms with E-state index in [1.807, 2.05) is 26.8 Å². The molecule has 12 heteroatoms. The van der Waals surface area contributed by atoms with Crippen LogP contribution in [0, 0.1) is 10.1 Å². The van der Waals surface area contributed by atoms with Gasteiger partial charge in [-0.05, 0) is 51.5 Å². The van der Waals surface area contributed by atoms with Crippen LogP contribution >= 0.6 is 0 Å². The molecule has 0 unspecified atom stereocenters. The Labute approximate surface area is 225 Å². The summed E-state index contributed by atoms with van der Waals surface area (Å²) in [7, 11) is 0. The first kappa shape index (κ1) is 25.9. The molecule has 2 amide bonds. The van der Waals surface area contributed by atoms with Crippen LogP contribution in [0.5, 0.6) is 0 Å². The second kappa shape index (κ2) is 10.2. The van der Waals surface area contributed by atoms with Crippen molar-refractivity contribution in [1.29, 1.82) is 0 Å². The number of hydrogen-bond donors (Lipinski definition) is 2. The number of nitro groups is 1. The van der Waals surface area contributed by atoms with Crippen LogP contribution in [-0.2, 0) is 4.74 Å². The van der Waals surface area contributed by atoms with E-state index < -0.39 is 10.5 Å². The predicted molar refractivity (Wildman–Crippen MR) is 145 cm³/mol. The number of rotatable bonds is 6. The molecular formula is C27H29N7O5. The first-order valence-corrected chi connectivity index (χ1v) is 12.6. The highest BCUT2D eigenvalue weighted by Gasteiger charge is 2.47. The number of benzene rings is 1. The van der Waals surface area contributed by atoms with Gasteiger partial charge in [-0.15, -0.1) is 0 Å². The van der Waals surface area contributed by atoms with Crippen molar-refractivity contribution in [2.45, 2.75) is 44.9 Å².